The maximum atomic E-state index is 9.33. The Morgan fingerprint density at radius 2 is 2.00 bits per heavy atom. The van der Waals surface area contributed by atoms with Crippen LogP contribution in [0.2, 0.25) is 0 Å². The smallest absolute Gasteiger partial charge is 0.0705 e. The van der Waals surface area contributed by atoms with Crippen molar-refractivity contribution < 1.29 is 5.11 Å². The molecule has 72 valence electrons. The van der Waals surface area contributed by atoms with Gasteiger partial charge in [0, 0.05) is 8.95 Å². The number of aliphatic hydroxyl groups is 1. The van der Waals surface area contributed by atoms with E-state index in [1.807, 2.05) is 18.2 Å². The van der Waals surface area contributed by atoms with Gasteiger partial charge < -0.3 is 10.8 Å². The van der Waals surface area contributed by atoms with Crippen molar-refractivity contribution in [1.82, 2.24) is 0 Å². The predicted molar refractivity (Wildman–Crippen MR) is 60.5 cm³/mol. The largest absolute Gasteiger partial charge is 0.391 e. The molecule has 0 bridgehead atoms. The van der Waals surface area contributed by atoms with Gasteiger partial charge in [-0.05, 0) is 30.7 Å². The number of hydrogen-bond donors (Lipinski definition) is 2. The van der Waals surface area contributed by atoms with Crippen LogP contribution in [0.3, 0.4) is 0 Å². The molecular formula is C9H11Br2NO. The minimum Gasteiger partial charge on any atom is -0.391 e. The van der Waals surface area contributed by atoms with Crippen molar-refractivity contribution in [3.8, 4) is 0 Å². The van der Waals surface area contributed by atoms with Crippen LogP contribution in [0.1, 0.15) is 18.5 Å². The van der Waals surface area contributed by atoms with Crippen LogP contribution in [0.4, 0.5) is 0 Å². The highest BCUT2D eigenvalue weighted by atomic mass is 79.9. The summed E-state index contributed by atoms with van der Waals surface area (Å²) in [5.74, 6) is 0. The molecule has 0 aliphatic heterocycles. The Balaban J connectivity index is 3.05. The minimum absolute atomic E-state index is 0.355. The second-order valence-corrected chi connectivity index (χ2v) is 4.70. The van der Waals surface area contributed by atoms with Gasteiger partial charge in [-0.1, -0.05) is 31.9 Å². The number of halogens is 2. The van der Waals surface area contributed by atoms with Gasteiger partial charge in [0.25, 0.3) is 0 Å². The molecule has 4 heteroatoms. The zero-order valence-electron chi connectivity index (χ0n) is 7.17. The Kier molecular flexibility index (Phi) is 3.91. The van der Waals surface area contributed by atoms with Crippen LogP contribution in [-0.2, 0) is 0 Å². The second-order valence-electron chi connectivity index (χ2n) is 2.93. The van der Waals surface area contributed by atoms with Crippen molar-refractivity contribution in [2.24, 2.45) is 5.73 Å². The normalized spacial score (nSPS) is 15.5. The Labute approximate surface area is 94.4 Å². The van der Waals surface area contributed by atoms with Crippen LogP contribution in [0, 0.1) is 0 Å². The van der Waals surface area contributed by atoms with Gasteiger partial charge in [0.15, 0.2) is 0 Å². The van der Waals surface area contributed by atoms with Gasteiger partial charge in [-0.15, -0.1) is 0 Å². The molecule has 0 saturated carbocycles. The topological polar surface area (TPSA) is 46.2 Å². The van der Waals surface area contributed by atoms with E-state index in [0.29, 0.717) is 0 Å². The lowest BCUT2D eigenvalue weighted by atomic mass is 10.0. The molecule has 0 spiro atoms. The second kappa shape index (κ2) is 4.55. The summed E-state index contributed by atoms with van der Waals surface area (Å²) in [7, 11) is 0. The molecule has 13 heavy (non-hydrogen) atoms. The highest BCUT2D eigenvalue weighted by Crippen LogP contribution is 2.27. The zero-order valence-corrected chi connectivity index (χ0v) is 10.3. The first-order valence-corrected chi connectivity index (χ1v) is 5.49. The predicted octanol–water partition coefficient (Wildman–Crippen LogP) is 2.59. The Hall–Kier alpha value is 0.1000. The van der Waals surface area contributed by atoms with Crippen LogP contribution >= 0.6 is 31.9 Å². The molecule has 0 aliphatic rings. The molecule has 0 saturated heterocycles. The molecule has 0 aliphatic carbocycles. The number of benzene rings is 1. The fourth-order valence-electron chi connectivity index (χ4n) is 1.03. The molecule has 2 atom stereocenters. The quantitative estimate of drug-likeness (QED) is 0.882. The summed E-state index contributed by atoms with van der Waals surface area (Å²) in [6, 6.07) is 5.37. The van der Waals surface area contributed by atoms with Gasteiger partial charge in [0.05, 0.1) is 12.1 Å². The van der Waals surface area contributed by atoms with Gasteiger partial charge in [-0.2, -0.15) is 0 Å². The minimum atomic E-state index is -0.550. The highest BCUT2D eigenvalue weighted by Gasteiger charge is 2.14. The molecule has 0 amide bonds. The molecule has 0 radical (unpaired) electrons. The summed E-state index contributed by atoms with van der Waals surface area (Å²) in [6.45, 7) is 1.68. The fourth-order valence-corrected chi connectivity index (χ4v) is 1.92. The van der Waals surface area contributed by atoms with E-state index in [1.54, 1.807) is 6.92 Å². The van der Waals surface area contributed by atoms with E-state index >= 15 is 0 Å². The fraction of sp³-hybridized carbons (Fsp3) is 0.333. The monoisotopic (exact) mass is 307 g/mol. The molecule has 2 nitrogen and oxygen atoms in total. The van der Waals surface area contributed by atoms with E-state index in [9.17, 15) is 5.11 Å². The summed E-state index contributed by atoms with van der Waals surface area (Å²) in [4.78, 5) is 0. The first-order chi connectivity index (χ1) is 6.02. The third kappa shape index (κ3) is 2.77. The lowest BCUT2D eigenvalue weighted by molar-refractivity contribution is 0.164. The Bertz CT molecular complexity index is 302. The Morgan fingerprint density at radius 3 is 2.54 bits per heavy atom. The van der Waals surface area contributed by atoms with E-state index < -0.39 is 6.10 Å². The molecule has 0 heterocycles. The van der Waals surface area contributed by atoms with Gasteiger partial charge in [0.1, 0.15) is 0 Å². The molecule has 1 aromatic rings. The number of nitrogens with two attached hydrogens (primary N) is 1. The third-order valence-electron chi connectivity index (χ3n) is 1.84. The molecule has 0 fully saturated rings. The maximum absolute atomic E-state index is 9.33. The van der Waals surface area contributed by atoms with E-state index in [4.69, 9.17) is 5.73 Å². The summed E-state index contributed by atoms with van der Waals surface area (Å²) < 4.78 is 1.88. The van der Waals surface area contributed by atoms with Crippen LogP contribution in [0.5, 0.6) is 0 Å². The third-order valence-corrected chi connectivity index (χ3v) is 3.05. The van der Waals surface area contributed by atoms with E-state index in [0.717, 1.165) is 14.5 Å². The molecule has 3 N–H and O–H groups in total. The van der Waals surface area contributed by atoms with Crippen LogP contribution in [0.25, 0.3) is 0 Å². The molecule has 0 aromatic heterocycles. The lowest BCUT2D eigenvalue weighted by Gasteiger charge is -2.16. The summed E-state index contributed by atoms with van der Waals surface area (Å²) >= 11 is 6.74. The average Bonchev–Trinajstić information content (AvgIpc) is 2.08. The van der Waals surface area contributed by atoms with E-state index in [2.05, 4.69) is 31.9 Å². The van der Waals surface area contributed by atoms with Crippen LogP contribution in [0.15, 0.2) is 27.1 Å². The first kappa shape index (κ1) is 11.2. The average molecular weight is 309 g/mol. The zero-order chi connectivity index (χ0) is 10.0. The number of aliphatic hydroxyl groups excluding tert-OH is 1. The van der Waals surface area contributed by atoms with E-state index in [-0.39, 0.29) is 6.04 Å². The van der Waals surface area contributed by atoms with Gasteiger partial charge in [0.2, 0.25) is 0 Å². The summed E-state index contributed by atoms with van der Waals surface area (Å²) in [5.41, 5.74) is 6.71. The SMILES string of the molecule is C[C@H](O)[C@H](N)c1cc(Br)ccc1Br. The molecule has 0 unspecified atom stereocenters. The van der Waals surface area contributed by atoms with Crippen molar-refractivity contribution in [1.29, 1.82) is 0 Å². The molecular weight excluding hydrogens is 298 g/mol. The van der Waals surface area contributed by atoms with E-state index in [1.165, 1.54) is 0 Å². The van der Waals surface area contributed by atoms with Crippen molar-refractivity contribution >= 4 is 31.9 Å². The van der Waals surface area contributed by atoms with Crippen molar-refractivity contribution in [3.05, 3.63) is 32.7 Å². The Morgan fingerprint density at radius 1 is 1.38 bits per heavy atom. The lowest BCUT2D eigenvalue weighted by Crippen LogP contribution is -2.23. The molecule has 1 rings (SSSR count). The number of hydrogen-bond acceptors (Lipinski definition) is 2. The van der Waals surface area contributed by atoms with Crippen molar-refractivity contribution in [3.63, 3.8) is 0 Å². The van der Waals surface area contributed by atoms with Crippen LogP contribution in [-0.4, -0.2) is 11.2 Å². The van der Waals surface area contributed by atoms with Crippen LogP contribution < -0.4 is 5.73 Å². The maximum Gasteiger partial charge on any atom is 0.0705 e. The summed E-state index contributed by atoms with van der Waals surface area (Å²) in [5, 5.41) is 9.33. The standard InChI is InChI=1S/C9H11Br2NO/c1-5(13)9(12)7-4-6(10)2-3-8(7)11/h2-5,9,13H,12H2,1H3/t5-,9-/m0/s1. The highest BCUT2D eigenvalue weighted by molar-refractivity contribution is 9.11. The summed E-state index contributed by atoms with van der Waals surface area (Å²) in [6.07, 6.45) is -0.550. The van der Waals surface area contributed by atoms with Gasteiger partial charge in [-0.25, -0.2) is 0 Å². The van der Waals surface area contributed by atoms with Crippen molar-refractivity contribution in [2.45, 2.75) is 19.1 Å². The first-order valence-electron chi connectivity index (χ1n) is 3.91. The van der Waals surface area contributed by atoms with Crippen molar-refractivity contribution in [2.75, 3.05) is 0 Å². The number of rotatable bonds is 2. The molecule has 1 aromatic carbocycles. The van der Waals surface area contributed by atoms with Gasteiger partial charge >= 0.3 is 0 Å². The van der Waals surface area contributed by atoms with Gasteiger partial charge in [-0.3, -0.25) is 0 Å².